The number of aromatic nitrogens is 2. The summed E-state index contributed by atoms with van der Waals surface area (Å²) in [5, 5.41) is 2.84. The van der Waals surface area contributed by atoms with Crippen LogP contribution in [0.4, 0.5) is 16.4 Å². The van der Waals surface area contributed by atoms with Crippen molar-refractivity contribution in [3.05, 3.63) is 11.9 Å². The van der Waals surface area contributed by atoms with Gasteiger partial charge in [-0.25, -0.2) is 14.8 Å². The quantitative estimate of drug-likeness (QED) is 0.826. The first-order valence-electron chi connectivity index (χ1n) is 9.05. The van der Waals surface area contributed by atoms with E-state index in [-0.39, 0.29) is 24.0 Å². The van der Waals surface area contributed by atoms with E-state index in [1.54, 1.807) is 4.90 Å². The summed E-state index contributed by atoms with van der Waals surface area (Å²) < 4.78 is 5.48. The van der Waals surface area contributed by atoms with Crippen LogP contribution in [0.1, 0.15) is 52.5 Å². The summed E-state index contributed by atoms with van der Waals surface area (Å²) in [4.78, 5) is 36.8. The first-order chi connectivity index (χ1) is 12.2. The van der Waals surface area contributed by atoms with Crippen LogP contribution in [0, 0.1) is 0 Å². The number of anilines is 2. The molecule has 1 saturated heterocycles. The summed E-state index contributed by atoms with van der Waals surface area (Å²) in [6, 6.07) is 0.0834. The second kappa shape index (κ2) is 6.74. The molecule has 3 rings (SSSR count). The molecule has 2 aliphatic rings. The van der Waals surface area contributed by atoms with Gasteiger partial charge in [0.1, 0.15) is 23.6 Å². The van der Waals surface area contributed by atoms with E-state index in [4.69, 9.17) is 4.74 Å². The molecule has 0 aromatic carbocycles. The van der Waals surface area contributed by atoms with Crippen molar-refractivity contribution in [3.63, 3.8) is 0 Å². The zero-order chi connectivity index (χ0) is 19.1. The number of nitrogens with one attached hydrogen (secondary N) is 1. The van der Waals surface area contributed by atoms with Crippen LogP contribution >= 0.6 is 0 Å². The highest BCUT2D eigenvalue weighted by atomic mass is 16.6. The van der Waals surface area contributed by atoms with E-state index in [1.165, 1.54) is 6.33 Å². The molecule has 3 heterocycles. The number of fused-ring (bicyclic) bond motifs is 1. The van der Waals surface area contributed by atoms with Gasteiger partial charge < -0.3 is 19.9 Å². The number of piperazine rings is 1. The minimum absolute atomic E-state index is 0.0163. The molecule has 8 heteroatoms. The largest absolute Gasteiger partial charge is 0.444 e. The molecule has 8 nitrogen and oxygen atoms in total. The fourth-order valence-corrected chi connectivity index (χ4v) is 3.50. The van der Waals surface area contributed by atoms with Crippen LogP contribution in [-0.4, -0.2) is 58.1 Å². The molecule has 26 heavy (non-hydrogen) atoms. The predicted octanol–water partition coefficient (Wildman–Crippen LogP) is 2.37. The molecule has 1 N–H and O–H groups in total. The van der Waals surface area contributed by atoms with Gasteiger partial charge in [-0.2, -0.15) is 0 Å². The molecule has 1 fully saturated rings. The summed E-state index contributed by atoms with van der Waals surface area (Å²) in [6.45, 7) is 11.5. The predicted molar refractivity (Wildman–Crippen MR) is 98.3 cm³/mol. The highest BCUT2D eigenvalue weighted by molar-refractivity contribution is 5.94. The monoisotopic (exact) mass is 361 g/mol. The Kier molecular flexibility index (Phi) is 4.77. The van der Waals surface area contributed by atoms with Gasteiger partial charge in [0.15, 0.2) is 0 Å². The molecule has 2 aliphatic heterocycles. The maximum Gasteiger partial charge on any atom is 0.410 e. The van der Waals surface area contributed by atoms with Crippen LogP contribution in [0.15, 0.2) is 6.33 Å². The van der Waals surface area contributed by atoms with E-state index in [2.05, 4.69) is 27.1 Å². The Morgan fingerprint density at radius 3 is 2.65 bits per heavy atom. The van der Waals surface area contributed by atoms with E-state index in [0.717, 1.165) is 11.4 Å². The van der Waals surface area contributed by atoms with Crippen molar-refractivity contribution in [1.29, 1.82) is 0 Å². The molecule has 1 aromatic rings. The topological polar surface area (TPSA) is 87.7 Å². The van der Waals surface area contributed by atoms with Crippen molar-refractivity contribution in [2.75, 3.05) is 29.9 Å². The maximum atomic E-state index is 12.3. The van der Waals surface area contributed by atoms with Crippen LogP contribution in [0.25, 0.3) is 0 Å². The normalized spacial score (nSPS) is 23.3. The second-order valence-corrected chi connectivity index (χ2v) is 8.08. The van der Waals surface area contributed by atoms with Gasteiger partial charge in [0.2, 0.25) is 5.91 Å². The molecule has 0 unspecified atom stereocenters. The van der Waals surface area contributed by atoms with E-state index >= 15 is 0 Å². The summed E-state index contributed by atoms with van der Waals surface area (Å²) in [6.07, 6.45) is 1.63. The van der Waals surface area contributed by atoms with Gasteiger partial charge in [-0.3, -0.25) is 4.79 Å². The van der Waals surface area contributed by atoms with Crippen molar-refractivity contribution in [1.82, 2.24) is 14.9 Å². The van der Waals surface area contributed by atoms with Gasteiger partial charge in [0.05, 0.1) is 0 Å². The third-order valence-electron chi connectivity index (χ3n) is 4.66. The molecule has 0 spiro atoms. The summed E-state index contributed by atoms with van der Waals surface area (Å²) in [5.41, 5.74) is 0.473. The van der Waals surface area contributed by atoms with Gasteiger partial charge in [-0.05, 0) is 33.6 Å². The lowest BCUT2D eigenvalue weighted by molar-refractivity contribution is -0.116. The first-order valence-corrected chi connectivity index (χ1v) is 9.05. The number of carbonyl (C=O) groups excluding carboxylic acids is 2. The molecule has 2 amide bonds. The highest BCUT2D eigenvalue weighted by Gasteiger charge is 2.34. The minimum Gasteiger partial charge on any atom is -0.444 e. The fraction of sp³-hybridized carbons (Fsp3) is 0.667. The summed E-state index contributed by atoms with van der Waals surface area (Å²) >= 11 is 0. The van der Waals surface area contributed by atoms with Gasteiger partial charge in [-0.1, -0.05) is 6.92 Å². The Hall–Kier alpha value is -2.38. The van der Waals surface area contributed by atoms with Gasteiger partial charge in [0, 0.05) is 37.7 Å². The fourth-order valence-electron chi connectivity index (χ4n) is 3.50. The molecular weight excluding hydrogens is 334 g/mol. The molecule has 1 aromatic heterocycles. The lowest BCUT2D eigenvalue weighted by atomic mass is 9.94. The Balaban J connectivity index is 1.78. The van der Waals surface area contributed by atoms with Crippen LogP contribution in [0.2, 0.25) is 0 Å². The number of amides is 2. The van der Waals surface area contributed by atoms with Crippen molar-refractivity contribution >= 4 is 23.6 Å². The molecule has 2 atom stereocenters. The van der Waals surface area contributed by atoms with Crippen molar-refractivity contribution < 1.29 is 14.3 Å². The van der Waals surface area contributed by atoms with Gasteiger partial charge in [0.25, 0.3) is 0 Å². The number of rotatable bonds is 1. The average Bonchev–Trinajstić information content (AvgIpc) is 2.52. The zero-order valence-electron chi connectivity index (χ0n) is 16.1. The summed E-state index contributed by atoms with van der Waals surface area (Å²) in [5.74, 6) is 1.49. The summed E-state index contributed by atoms with van der Waals surface area (Å²) in [7, 11) is 0. The van der Waals surface area contributed by atoms with Crippen molar-refractivity contribution in [3.8, 4) is 0 Å². The van der Waals surface area contributed by atoms with Crippen molar-refractivity contribution in [2.24, 2.45) is 0 Å². The molecule has 0 radical (unpaired) electrons. The number of hydrogen-bond donors (Lipinski definition) is 1. The first kappa shape index (κ1) is 18.4. The molecule has 0 aliphatic carbocycles. The Bertz CT molecular complexity index is 715. The van der Waals surface area contributed by atoms with Crippen molar-refractivity contribution in [2.45, 2.75) is 58.6 Å². The minimum atomic E-state index is -0.503. The molecule has 0 bridgehead atoms. The van der Waals surface area contributed by atoms with Crippen LogP contribution < -0.4 is 10.2 Å². The number of ether oxygens (including phenoxy) is 1. The molecular formula is C18H27N5O3. The number of nitrogens with zero attached hydrogens (tertiary/aromatic N) is 4. The third kappa shape index (κ3) is 3.73. The Labute approximate surface area is 153 Å². The molecule has 0 saturated carbocycles. The highest BCUT2D eigenvalue weighted by Crippen LogP contribution is 2.37. The van der Waals surface area contributed by atoms with E-state index < -0.39 is 5.60 Å². The maximum absolute atomic E-state index is 12.3. The number of carbonyl (C=O) groups is 2. The number of hydrogen-bond acceptors (Lipinski definition) is 6. The molecule has 142 valence electrons. The van der Waals surface area contributed by atoms with Crippen LogP contribution in [0.3, 0.4) is 0 Å². The third-order valence-corrected chi connectivity index (χ3v) is 4.66. The lowest BCUT2D eigenvalue weighted by Crippen LogP contribution is -2.55. The van der Waals surface area contributed by atoms with E-state index in [9.17, 15) is 9.59 Å². The Morgan fingerprint density at radius 1 is 1.27 bits per heavy atom. The van der Waals surface area contributed by atoms with Crippen LogP contribution in [-0.2, 0) is 9.53 Å². The smallest absolute Gasteiger partial charge is 0.410 e. The van der Waals surface area contributed by atoms with Crippen LogP contribution in [0.5, 0.6) is 0 Å². The standard InChI is InChI=1S/C18H27N5O3/c1-11-8-13(24)21-15-14(11)16(20-10-19-15)23-7-6-22(9-12(23)2)17(25)26-18(3,4)5/h10-12H,6-9H2,1-5H3,(H,19,20,21,24)/t11-,12-/m1/s1. The lowest BCUT2D eigenvalue weighted by Gasteiger charge is -2.42. The van der Waals surface area contributed by atoms with E-state index in [0.29, 0.717) is 31.9 Å². The average molecular weight is 361 g/mol. The van der Waals surface area contributed by atoms with E-state index in [1.807, 2.05) is 27.7 Å². The van der Waals surface area contributed by atoms with Gasteiger partial charge in [-0.15, -0.1) is 0 Å². The zero-order valence-corrected chi connectivity index (χ0v) is 16.1. The SMILES string of the molecule is C[C@@H]1CC(=O)Nc2ncnc(N3CCN(C(=O)OC(C)(C)C)C[C@H]3C)c21. The van der Waals surface area contributed by atoms with Gasteiger partial charge >= 0.3 is 6.09 Å². The Morgan fingerprint density at radius 2 is 2.00 bits per heavy atom. The second-order valence-electron chi connectivity index (χ2n) is 8.08.